The van der Waals surface area contributed by atoms with Gasteiger partial charge in [-0.15, -0.1) is 0 Å². The molecule has 2 N–H and O–H groups in total. The first kappa shape index (κ1) is 16.2. The maximum Gasteiger partial charge on any atom is 0.0616 e. The minimum absolute atomic E-state index is 0.147. The topological polar surface area (TPSA) is 41.7 Å². The molecule has 0 bridgehead atoms. The summed E-state index contributed by atoms with van der Waals surface area (Å²) >= 11 is 0. The van der Waals surface area contributed by atoms with E-state index in [9.17, 15) is 0 Å². The van der Waals surface area contributed by atoms with Gasteiger partial charge in [0, 0.05) is 31.8 Å². The molecule has 3 atom stereocenters. The molecule has 0 spiro atoms. The lowest BCUT2D eigenvalue weighted by molar-refractivity contribution is -0.0837. The van der Waals surface area contributed by atoms with Crippen LogP contribution in [0.15, 0.2) is 0 Å². The van der Waals surface area contributed by atoms with Crippen molar-refractivity contribution in [1.82, 2.24) is 9.80 Å². The van der Waals surface area contributed by atoms with Crippen LogP contribution in [0.25, 0.3) is 0 Å². The van der Waals surface area contributed by atoms with Gasteiger partial charge in [-0.2, -0.15) is 0 Å². The molecule has 0 amide bonds. The van der Waals surface area contributed by atoms with Gasteiger partial charge < -0.3 is 15.4 Å². The molecular weight excluding hydrogens is 250 g/mol. The Balaban J connectivity index is 1.98. The summed E-state index contributed by atoms with van der Waals surface area (Å²) in [5.74, 6) is 1.38. The lowest BCUT2D eigenvalue weighted by atomic mass is 9.81. The maximum atomic E-state index is 6.20. The minimum Gasteiger partial charge on any atom is -0.378 e. The van der Waals surface area contributed by atoms with Gasteiger partial charge in [-0.3, -0.25) is 4.90 Å². The molecule has 20 heavy (non-hydrogen) atoms. The van der Waals surface area contributed by atoms with E-state index in [1.807, 2.05) is 0 Å². The number of likely N-dealkylation sites (N-methyl/N-ethyl adjacent to an activating group) is 1. The zero-order chi connectivity index (χ0) is 14.8. The number of nitrogens with zero attached hydrogens (tertiary/aromatic N) is 2. The van der Waals surface area contributed by atoms with Crippen molar-refractivity contribution < 1.29 is 4.74 Å². The molecule has 0 aliphatic carbocycles. The molecule has 118 valence electrons. The first-order valence-electron chi connectivity index (χ1n) is 8.18. The standard InChI is InChI=1S/C16H33N3O/c1-13(2)15-9-16(12-17,6-8-20-15)19(4)11-14-5-7-18(3)10-14/h13-15H,5-12,17H2,1-4H3. The van der Waals surface area contributed by atoms with E-state index in [-0.39, 0.29) is 5.54 Å². The van der Waals surface area contributed by atoms with E-state index < -0.39 is 0 Å². The normalized spacial score (nSPS) is 36.1. The monoisotopic (exact) mass is 283 g/mol. The number of ether oxygens (including phenoxy) is 1. The van der Waals surface area contributed by atoms with E-state index in [2.05, 4.69) is 37.7 Å². The van der Waals surface area contributed by atoms with Crippen molar-refractivity contribution in [3.8, 4) is 0 Å². The van der Waals surface area contributed by atoms with Crippen LogP contribution in [0.3, 0.4) is 0 Å². The van der Waals surface area contributed by atoms with Gasteiger partial charge in [0.05, 0.1) is 6.10 Å². The smallest absolute Gasteiger partial charge is 0.0616 e. The fourth-order valence-electron chi connectivity index (χ4n) is 3.81. The van der Waals surface area contributed by atoms with Crippen LogP contribution in [-0.2, 0) is 4.74 Å². The average molecular weight is 283 g/mol. The number of likely N-dealkylation sites (tertiary alicyclic amines) is 1. The van der Waals surface area contributed by atoms with E-state index in [0.29, 0.717) is 12.0 Å². The zero-order valence-corrected chi connectivity index (χ0v) is 13.8. The number of rotatable bonds is 5. The number of hydrogen-bond donors (Lipinski definition) is 1. The third kappa shape index (κ3) is 3.53. The molecule has 4 heteroatoms. The van der Waals surface area contributed by atoms with E-state index in [1.54, 1.807) is 0 Å². The summed E-state index contributed by atoms with van der Waals surface area (Å²) < 4.78 is 5.94. The van der Waals surface area contributed by atoms with Crippen molar-refractivity contribution in [3.63, 3.8) is 0 Å². The quantitative estimate of drug-likeness (QED) is 0.828. The van der Waals surface area contributed by atoms with E-state index in [0.717, 1.165) is 31.9 Å². The molecular formula is C16H33N3O. The van der Waals surface area contributed by atoms with Gasteiger partial charge in [-0.1, -0.05) is 13.8 Å². The summed E-state index contributed by atoms with van der Waals surface area (Å²) in [5, 5.41) is 0. The lowest BCUT2D eigenvalue weighted by Gasteiger charge is -2.48. The number of nitrogens with two attached hydrogens (primary N) is 1. The summed E-state index contributed by atoms with van der Waals surface area (Å²) in [5.41, 5.74) is 6.34. The van der Waals surface area contributed by atoms with Crippen LogP contribution in [0.1, 0.15) is 33.1 Å². The Hall–Kier alpha value is -0.160. The van der Waals surface area contributed by atoms with Gasteiger partial charge >= 0.3 is 0 Å². The lowest BCUT2D eigenvalue weighted by Crippen LogP contribution is -2.58. The van der Waals surface area contributed by atoms with Crippen molar-refractivity contribution >= 4 is 0 Å². The van der Waals surface area contributed by atoms with Crippen LogP contribution in [0.2, 0.25) is 0 Å². The molecule has 4 nitrogen and oxygen atoms in total. The Bertz CT molecular complexity index is 310. The highest BCUT2D eigenvalue weighted by Gasteiger charge is 2.41. The van der Waals surface area contributed by atoms with E-state index in [1.165, 1.54) is 26.1 Å². The Morgan fingerprint density at radius 3 is 2.75 bits per heavy atom. The summed E-state index contributed by atoms with van der Waals surface area (Å²) in [6, 6.07) is 0. The molecule has 0 aromatic rings. The maximum absolute atomic E-state index is 6.20. The highest BCUT2D eigenvalue weighted by molar-refractivity contribution is 4.97. The first-order chi connectivity index (χ1) is 9.47. The third-order valence-electron chi connectivity index (χ3n) is 5.43. The SMILES string of the molecule is CC(C)C1CC(CN)(N(C)CC2CCN(C)C2)CCO1. The van der Waals surface area contributed by atoms with Crippen molar-refractivity contribution in [3.05, 3.63) is 0 Å². The predicted molar refractivity (Wildman–Crippen MR) is 83.8 cm³/mol. The molecule has 2 fully saturated rings. The molecule has 2 aliphatic rings. The molecule has 0 aromatic heterocycles. The first-order valence-corrected chi connectivity index (χ1v) is 8.18. The third-order valence-corrected chi connectivity index (χ3v) is 5.43. The van der Waals surface area contributed by atoms with Crippen LogP contribution in [0.4, 0.5) is 0 Å². The second kappa shape index (κ2) is 6.73. The highest BCUT2D eigenvalue weighted by atomic mass is 16.5. The minimum atomic E-state index is 0.147. The van der Waals surface area contributed by atoms with Crippen molar-refractivity contribution in [2.24, 2.45) is 17.6 Å². The van der Waals surface area contributed by atoms with Crippen LogP contribution in [-0.4, -0.2) is 68.3 Å². The van der Waals surface area contributed by atoms with Gasteiger partial charge in [0.15, 0.2) is 0 Å². The summed E-state index contributed by atoms with van der Waals surface area (Å²) in [6.07, 6.45) is 3.85. The Morgan fingerprint density at radius 2 is 2.20 bits per heavy atom. The van der Waals surface area contributed by atoms with Gasteiger partial charge in [0.25, 0.3) is 0 Å². The van der Waals surface area contributed by atoms with Crippen LogP contribution >= 0.6 is 0 Å². The summed E-state index contributed by atoms with van der Waals surface area (Å²) in [4.78, 5) is 4.99. The molecule has 0 radical (unpaired) electrons. The largest absolute Gasteiger partial charge is 0.378 e. The Kier molecular flexibility index (Phi) is 5.46. The molecule has 2 saturated heterocycles. The second-order valence-corrected chi connectivity index (χ2v) is 7.33. The van der Waals surface area contributed by atoms with Gasteiger partial charge in [-0.05, 0) is 51.7 Å². The van der Waals surface area contributed by atoms with Crippen LogP contribution in [0.5, 0.6) is 0 Å². The fourth-order valence-corrected chi connectivity index (χ4v) is 3.81. The van der Waals surface area contributed by atoms with E-state index >= 15 is 0 Å². The second-order valence-electron chi connectivity index (χ2n) is 7.33. The zero-order valence-electron chi connectivity index (χ0n) is 13.8. The Morgan fingerprint density at radius 1 is 1.45 bits per heavy atom. The van der Waals surface area contributed by atoms with Crippen molar-refractivity contribution in [2.75, 3.05) is 46.9 Å². The molecule has 0 aromatic carbocycles. The van der Waals surface area contributed by atoms with Crippen molar-refractivity contribution in [2.45, 2.75) is 44.8 Å². The molecule has 3 unspecified atom stereocenters. The molecule has 2 heterocycles. The predicted octanol–water partition coefficient (Wildman–Crippen LogP) is 1.40. The van der Waals surface area contributed by atoms with Gasteiger partial charge in [0.1, 0.15) is 0 Å². The Labute approximate surface area is 124 Å². The summed E-state index contributed by atoms with van der Waals surface area (Å²) in [6.45, 7) is 9.76. The van der Waals surface area contributed by atoms with Crippen LogP contribution in [0, 0.1) is 11.8 Å². The molecule has 2 rings (SSSR count). The van der Waals surface area contributed by atoms with Gasteiger partial charge in [-0.25, -0.2) is 0 Å². The molecule has 0 saturated carbocycles. The fraction of sp³-hybridized carbons (Fsp3) is 1.00. The van der Waals surface area contributed by atoms with Crippen molar-refractivity contribution in [1.29, 1.82) is 0 Å². The summed E-state index contributed by atoms with van der Waals surface area (Å²) in [7, 11) is 4.50. The van der Waals surface area contributed by atoms with E-state index in [4.69, 9.17) is 10.5 Å². The average Bonchev–Trinajstić information content (AvgIpc) is 2.84. The number of hydrogen-bond acceptors (Lipinski definition) is 4. The van der Waals surface area contributed by atoms with Crippen LogP contribution < -0.4 is 5.73 Å². The van der Waals surface area contributed by atoms with Gasteiger partial charge in [0.2, 0.25) is 0 Å². The molecule has 2 aliphatic heterocycles. The highest BCUT2D eigenvalue weighted by Crippen LogP contribution is 2.33.